The molecule has 1 unspecified atom stereocenters. The smallest absolute Gasteiger partial charge is 0.319 e. The van der Waals surface area contributed by atoms with Crippen LogP contribution in [0.2, 0.25) is 0 Å². The molecule has 0 bridgehead atoms. The minimum Gasteiger partial charge on any atom is -0.380 e. The summed E-state index contributed by atoms with van der Waals surface area (Å²) < 4.78 is 20.2. The van der Waals surface area contributed by atoms with Gasteiger partial charge in [-0.2, -0.15) is 5.10 Å². The first-order valence-electron chi connectivity index (χ1n) is 8.22. The Bertz CT molecular complexity index is 715. The molecule has 1 heterocycles. The second-order valence-electron chi connectivity index (χ2n) is 6.30. The third kappa shape index (κ3) is 5.03. The van der Waals surface area contributed by atoms with Crippen molar-refractivity contribution < 1.29 is 13.9 Å². The summed E-state index contributed by atoms with van der Waals surface area (Å²) in [5.74, 6) is 0.115. The van der Waals surface area contributed by atoms with Gasteiger partial charge in [-0.15, -0.1) is 0 Å². The van der Waals surface area contributed by atoms with E-state index >= 15 is 0 Å². The monoisotopic (exact) mass is 348 g/mol. The Balaban J connectivity index is 2.01. The molecule has 0 aliphatic rings. The van der Waals surface area contributed by atoms with Gasteiger partial charge in [0.2, 0.25) is 0 Å². The van der Waals surface area contributed by atoms with Crippen LogP contribution in [-0.2, 0) is 18.4 Å². The SMILES string of the molecule is COCc1cc(F)ccc1NC(=O)NCC(c1ccnn1C)C(C)C. The van der Waals surface area contributed by atoms with E-state index in [1.165, 1.54) is 25.3 Å². The largest absolute Gasteiger partial charge is 0.380 e. The molecule has 0 fully saturated rings. The van der Waals surface area contributed by atoms with Gasteiger partial charge < -0.3 is 15.4 Å². The standard InChI is InChI=1S/C18H25FN4O2/c1-12(2)15(17-7-8-21-23(17)3)10-20-18(24)22-16-6-5-14(19)9-13(16)11-25-4/h5-9,12,15H,10-11H2,1-4H3,(H2,20,22,24). The highest BCUT2D eigenvalue weighted by atomic mass is 19.1. The van der Waals surface area contributed by atoms with Crippen molar-refractivity contribution in [1.82, 2.24) is 15.1 Å². The number of benzene rings is 1. The Morgan fingerprint density at radius 3 is 2.72 bits per heavy atom. The number of rotatable bonds is 7. The van der Waals surface area contributed by atoms with Crippen LogP contribution in [0.25, 0.3) is 0 Å². The van der Waals surface area contributed by atoms with Gasteiger partial charge in [-0.25, -0.2) is 9.18 Å². The maximum Gasteiger partial charge on any atom is 0.319 e. The van der Waals surface area contributed by atoms with E-state index in [1.807, 2.05) is 17.8 Å². The average molecular weight is 348 g/mol. The van der Waals surface area contributed by atoms with Crippen LogP contribution in [0.1, 0.15) is 31.0 Å². The highest BCUT2D eigenvalue weighted by molar-refractivity contribution is 5.90. The maximum atomic E-state index is 13.4. The van der Waals surface area contributed by atoms with Crippen LogP contribution in [0, 0.1) is 11.7 Å². The van der Waals surface area contributed by atoms with Crippen LogP contribution in [0.3, 0.4) is 0 Å². The highest BCUT2D eigenvalue weighted by Crippen LogP contribution is 2.23. The number of aromatic nitrogens is 2. The quantitative estimate of drug-likeness (QED) is 0.807. The van der Waals surface area contributed by atoms with Crippen LogP contribution in [-0.4, -0.2) is 29.5 Å². The molecular formula is C18H25FN4O2. The van der Waals surface area contributed by atoms with Crippen LogP contribution >= 0.6 is 0 Å². The number of aryl methyl sites for hydroxylation is 1. The lowest BCUT2D eigenvalue weighted by molar-refractivity contribution is 0.185. The van der Waals surface area contributed by atoms with Crippen molar-refractivity contribution in [2.45, 2.75) is 26.4 Å². The Labute approximate surface area is 147 Å². The highest BCUT2D eigenvalue weighted by Gasteiger charge is 2.20. The summed E-state index contributed by atoms with van der Waals surface area (Å²) >= 11 is 0. The van der Waals surface area contributed by atoms with Crippen LogP contribution in [0.4, 0.5) is 14.9 Å². The van der Waals surface area contributed by atoms with Crippen LogP contribution in [0.5, 0.6) is 0 Å². The Morgan fingerprint density at radius 1 is 1.36 bits per heavy atom. The van der Waals surface area contributed by atoms with Crippen molar-refractivity contribution >= 4 is 11.7 Å². The molecule has 1 atom stereocenters. The number of halogens is 1. The maximum absolute atomic E-state index is 13.4. The second kappa shape index (κ2) is 8.62. The molecule has 0 spiro atoms. The first-order chi connectivity index (χ1) is 11.9. The van der Waals surface area contributed by atoms with E-state index in [0.717, 1.165) is 5.69 Å². The third-order valence-corrected chi connectivity index (χ3v) is 4.14. The molecule has 0 saturated carbocycles. The number of hydrogen-bond donors (Lipinski definition) is 2. The van der Waals surface area contributed by atoms with Gasteiger partial charge in [-0.1, -0.05) is 13.8 Å². The van der Waals surface area contributed by atoms with Gasteiger partial charge in [-0.05, 0) is 30.2 Å². The number of amides is 2. The van der Waals surface area contributed by atoms with E-state index in [1.54, 1.807) is 6.20 Å². The zero-order valence-electron chi connectivity index (χ0n) is 15.0. The summed E-state index contributed by atoms with van der Waals surface area (Å²) in [5.41, 5.74) is 2.18. The van der Waals surface area contributed by atoms with Crippen molar-refractivity contribution in [2.75, 3.05) is 19.0 Å². The van der Waals surface area contributed by atoms with Crippen molar-refractivity contribution in [2.24, 2.45) is 13.0 Å². The summed E-state index contributed by atoms with van der Waals surface area (Å²) in [6.45, 7) is 4.91. The van der Waals surface area contributed by atoms with E-state index in [-0.39, 0.29) is 24.4 Å². The Hall–Kier alpha value is -2.41. The number of urea groups is 1. The van der Waals surface area contributed by atoms with Crippen molar-refractivity contribution in [3.63, 3.8) is 0 Å². The topological polar surface area (TPSA) is 68.2 Å². The second-order valence-corrected chi connectivity index (χ2v) is 6.30. The number of anilines is 1. The normalized spacial score (nSPS) is 12.2. The number of ether oxygens (including phenoxy) is 1. The van der Waals surface area contributed by atoms with Gasteiger partial charge >= 0.3 is 6.03 Å². The van der Waals surface area contributed by atoms with Gasteiger partial charge in [0.1, 0.15) is 5.82 Å². The fourth-order valence-corrected chi connectivity index (χ4v) is 2.76. The number of carbonyl (C=O) groups excluding carboxylic acids is 1. The molecule has 2 rings (SSSR count). The molecule has 2 amide bonds. The van der Waals surface area contributed by atoms with Gasteiger partial charge in [0, 0.05) is 49.8 Å². The van der Waals surface area contributed by atoms with E-state index in [0.29, 0.717) is 23.7 Å². The van der Waals surface area contributed by atoms with Crippen molar-refractivity contribution in [3.8, 4) is 0 Å². The van der Waals surface area contributed by atoms with Gasteiger partial charge in [0.05, 0.1) is 6.61 Å². The van der Waals surface area contributed by atoms with E-state index in [9.17, 15) is 9.18 Å². The summed E-state index contributed by atoms with van der Waals surface area (Å²) in [6, 6.07) is 5.81. The molecule has 136 valence electrons. The van der Waals surface area contributed by atoms with Crippen molar-refractivity contribution in [1.29, 1.82) is 0 Å². The molecule has 25 heavy (non-hydrogen) atoms. The number of methoxy groups -OCH3 is 1. The minimum atomic E-state index is -0.367. The molecule has 1 aromatic heterocycles. The van der Waals surface area contributed by atoms with Gasteiger partial charge in [-0.3, -0.25) is 4.68 Å². The predicted molar refractivity (Wildman–Crippen MR) is 94.9 cm³/mol. The van der Waals surface area contributed by atoms with Crippen LogP contribution < -0.4 is 10.6 Å². The average Bonchev–Trinajstić information content (AvgIpc) is 2.96. The summed E-state index contributed by atoms with van der Waals surface area (Å²) in [4.78, 5) is 12.3. The number of nitrogens with one attached hydrogen (secondary N) is 2. The zero-order valence-corrected chi connectivity index (χ0v) is 15.0. The van der Waals surface area contributed by atoms with Crippen molar-refractivity contribution in [3.05, 3.63) is 47.5 Å². The minimum absolute atomic E-state index is 0.143. The third-order valence-electron chi connectivity index (χ3n) is 4.14. The molecular weight excluding hydrogens is 323 g/mol. The number of carbonyl (C=O) groups is 1. The summed E-state index contributed by atoms with van der Waals surface area (Å²) in [7, 11) is 3.41. The van der Waals surface area contributed by atoms with Gasteiger partial charge in [0.15, 0.2) is 0 Å². The summed E-state index contributed by atoms with van der Waals surface area (Å²) in [6.07, 6.45) is 1.75. The fraction of sp³-hybridized carbons (Fsp3) is 0.444. The van der Waals surface area contributed by atoms with Gasteiger partial charge in [0.25, 0.3) is 0 Å². The Morgan fingerprint density at radius 2 is 2.12 bits per heavy atom. The summed E-state index contributed by atoms with van der Waals surface area (Å²) in [5, 5.41) is 9.84. The predicted octanol–water partition coefficient (Wildman–Crippen LogP) is 3.27. The molecule has 0 radical (unpaired) electrons. The molecule has 0 saturated heterocycles. The molecule has 1 aromatic carbocycles. The van der Waals surface area contributed by atoms with E-state index < -0.39 is 0 Å². The van der Waals surface area contributed by atoms with E-state index in [2.05, 4.69) is 29.6 Å². The molecule has 7 heteroatoms. The molecule has 6 nitrogen and oxygen atoms in total. The first kappa shape index (κ1) is 18.9. The molecule has 2 aromatic rings. The lowest BCUT2D eigenvalue weighted by atomic mass is 9.92. The zero-order chi connectivity index (χ0) is 18.4. The Kier molecular flexibility index (Phi) is 6.52. The molecule has 0 aliphatic carbocycles. The fourth-order valence-electron chi connectivity index (χ4n) is 2.76. The van der Waals surface area contributed by atoms with Crippen LogP contribution in [0.15, 0.2) is 30.5 Å². The number of hydrogen-bond acceptors (Lipinski definition) is 3. The first-order valence-corrected chi connectivity index (χ1v) is 8.22. The molecule has 0 aliphatic heterocycles. The lowest BCUT2D eigenvalue weighted by Crippen LogP contribution is -2.34. The lowest BCUT2D eigenvalue weighted by Gasteiger charge is -2.22. The number of nitrogens with zero attached hydrogens (tertiary/aromatic N) is 2. The molecule has 2 N–H and O–H groups in total. The van der Waals surface area contributed by atoms with E-state index in [4.69, 9.17) is 4.74 Å².